The van der Waals surface area contributed by atoms with Gasteiger partial charge in [-0.2, -0.15) is 0 Å². The molecule has 262 valence electrons. The van der Waals surface area contributed by atoms with E-state index in [0.29, 0.717) is 0 Å². The molecule has 20 nitrogen and oxygen atoms in total. The second-order valence-electron chi connectivity index (χ2n) is 11.0. The number of carbonyl (C=O) groups is 1. The van der Waals surface area contributed by atoms with Crippen molar-refractivity contribution in [2.45, 2.75) is 110 Å². The molecule has 0 spiro atoms. The average molecular weight is 662 g/mol. The summed E-state index contributed by atoms with van der Waals surface area (Å²) in [6, 6.07) is -2.55. The predicted octanol–water partition coefficient (Wildman–Crippen LogP) is -9.75. The third-order valence-electron chi connectivity index (χ3n) is 8.06. The van der Waals surface area contributed by atoms with E-state index in [1.165, 1.54) is 6.08 Å². The maximum absolute atomic E-state index is 10.9. The Labute approximate surface area is 255 Å². The Bertz CT molecular complexity index is 957. The summed E-state index contributed by atoms with van der Waals surface area (Å²) in [5.74, 6) is 0. The van der Waals surface area contributed by atoms with Gasteiger partial charge in [-0.25, -0.2) is 0 Å². The van der Waals surface area contributed by atoms with Gasteiger partial charge in [0.15, 0.2) is 18.9 Å². The zero-order valence-corrected chi connectivity index (χ0v) is 23.7. The monoisotopic (exact) mass is 661 g/mol. The van der Waals surface area contributed by atoms with Crippen molar-refractivity contribution in [1.29, 1.82) is 0 Å². The molecule has 45 heavy (non-hydrogen) atoms. The summed E-state index contributed by atoms with van der Waals surface area (Å²) < 4.78 is 21.8. The Morgan fingerprint density at radius 1 is 0.800 bits per heavy atom. The smallest absolute Gasteiger partial charge is 0.187 e. The standard InChI is InChI=1S/C25H43NO19/c27-2-7-1-8(15(35)18(38)14(7)34)26-13-11(5-30)42-24(20(40)17(13)37)45-23-12(6-31)43-25(21(41)19(23)39)44-22(10(33)4-29)16(36)9(32)3-28/h1,3,8-27,29-41H,2,4-6H2/t8-,9-,10+,11+,12+,13+,14+,15-,16+,17-,18-,19+,20+,21+,22+,23+,24+,25+/m0/s1. The molecular weight excluding hydrogens is 618 g/mol. The van der Waals surface area contributed by atoms with Crippen LogP contribution >= 0.6 is 0 Å². The van der Waals surface area contributed by atoms with Crippen LogP contribution < -0.4 is 5.32 Å². The third-order valence-corrected chi connectivity index (χ3v) is 8.06. The van der Waals surface area contributed by atoms with E-state index in [4.69, 9.17) is 18.9 Å². The van der Waals surface area contributed by atoms with Crippen LogP contribution in [-0.4, -0.2) is 214 Å². The summed E-state index contributed by atoms with van der Waals surface area (Å²) in [4.78, 5) is 10.9. The zero-order valence-electron chi connectivity index (χ0n) is 23.7. The van der Waals surface area contributed by atoms with Crippen LogP contribution in [0.1, 0.15) is 0 Å². The lowest BCUT2D eigenvalue weighted by molar-refractivity contribution is -0.362. The van der Waals surface area contributed by atoms with E-state index in [9.17, 15) is 76.3 Å². The number of ether oxygens (including phenoxy) is 4. The van der Waals surface area contributed by atoms with Crippen molar-refractivity contribution in [3.8, 4) is 0 Å². The van der Waals surface area contributed by atoms with Crippen LogP contribution in [0.3, 0.4) is 0 Å². The Balaban J connectivity index is 1.74. The van der Waals surface area contributed by atoms with Crippen LogP contribution in [0.15, 0.2) is 11.6 Å². The number of rotatable bonds is 14. The van der Waals surface area contributed by atoms with Crippen molar-refractivity contribution < 1.29 is 95.2 Å². The van der Waals surface area contributed by atoms with Gasteiger partial charge in [-0.15, -0.1) is 0 Å². The van der Waals surface area contributed by atoms with E-state index in [-0.39, 0.29) is 11.9 Å². The van der Waals surface area contributed by atoms with Crippen LogP contribution in [0.5, 0.6) is 0 Å². The first-order valence-corrected chi connectivity index (χ1v) is 14.0. The first kappa shape index (κ1) is 38.1. The number of aliphatic hydroxyl groups is 14. The minimum absolute atomic E-state index is 0.0485. The molecule has 20 heteroatoms. The van der Waals surface area contributed by atoms with Gasteiger partial charge in [0.1, 0.15) is 85.5 Å². The van der Waals surface area contributed by atoms with Gasteiger partial charge in [-0.1, -0.05) is 6.08 Å². The Hall–Kier alpha value is -1.35. The molecule has 1 aliphatic carbocycles. The van der Waals surface area contributed by atoms with E-state index in [0.717, 1.165) is 0 Å². The summed E-state index contributed by atoms with van der Waals surface area (Å²) in [7, 11) is 0. The fourth-order valence-electron chi connectivity index (χ4n) is 5.39. The lowest BCUT2D eigenvalue weighted by Gasteiger charge is -2.48. The normalized spacial score (nSPS) is 43.6. The van der Waals surface area contributed by atoms with Crippen LogP contribution in [0, 0.1) is 0 Å². The number of nitrogens with one attached hydrogen (secondary N) is 1. The molecule has 0 unspecified atom stereocenters. The molecule has 3 aliphatic rings. The van der Waals surface area contributed by atoms with Crippen molar-refractivity contribution in [1.82, 2.24) is 5.32 Å². The number of carbonyl (C=O) groups excluding carboxylic acids is 1. The highest BCUT2D eigenvalue weighted by atomic mass is 16.7. The van der Waals surface area contributed by atoms with Crippen molar-refractivity contribution in [2.75, 3.05) is 26.4 Å². The van der Waals surface area contributed by atoms with E-state index in [1.54, 1.807) is 0 Å². The molecule has 2 aliphatic heterocycles. The van der Waals surface area contributed by atoms with Gasteiger partial charge >= 0.3 is 0 Å². The number of hydrogen-bond donors (Lipinski definition) is 15. The Morgan fingerprint density at radius 3 is 1.96 bits per heavy atom. The van der Waals surface area contributed by atoms with Crippen LogP contribution in [0.4, 0.5) is 0 Å². The van der Waals surface area contributed by atoms with Crippen molar-refractivity contribution in [2.24, 2.45) is 0 Å². The summed E-state index contributed by atoms with van der Waals surface area (Å²) in [6.07, 6.45) is -28.3. The summed E-state index contributed by atoms with van der Waals surface area (Å²) in [5.41, 5.74) is -0.0485. The topological polar surface area (TPSA) is 349 Å². The van der Waals surface area contributed by atoms with E-state index < -0.39 is 137 Å². The molecule has 0 aromatic carbocycles. The largest absolute Gasteiger partial charge is 0.394 e. The van der Waals surface area contributed by atoms with Crippen LogP contribution in [-0.2, 0) is 23.7 Å². The van der Waals surface area contributed by atoms with Gasteiger partial charge in [0.25, 0.3) is 0 Å². The third kappa shape index (κ3) is 8.21. The van der Waals surface area contributed by atoms with E-state index in [1.807, 2.05) is 0 Å². The van der Waals surface area contributed by atoms with Crippen LogP contribution in [0.2, 0.25) is 0 Å². The minimum Gasteiger partial charge on any atom is -0.394 e. The molecule has 15 N–H and O–H groups in total. The quantitative estimate of drug-likeness (QED) is 0.0606. The van der Waals surface area contributed by atoms with Crippen molar-refractivity contribution >= 4 is 6.29 Å². The molecule has 0 saturated carbocycles. The van der Waals surface area contributed by atoms with E-state index >= 15 is 0 Å². The summed E-state index contributed by atoms with van der Waals surface area (Å²) >= 11 is 0. The summed E-state index contributed by atoms with van der Waals surface area (Å²) in [6.45, 7) is -3.46. The van der Waals surface area contributed by atoms with E-state index in [2.05, 4.69) is 5.32 Å². The average Bonchev–Trinajstić information content (AvgIpc) is 3.04. The number of aliphatic hydroxyl groups excluding tert-OH is 14. The van der Waals surface area contributed by atoms with Gasteiger partial charge in [-0.05, 0) is 5.57 Å². The second-order valence-corrected chi connectivity index (χ2v) is 11.0. The van der Waals surface area contributed by atoms with Gasteiger partial charge in [0, 0.05) is 0 Å². The molecule has 0 amide bonds. The number of hydrogen-bond acceptors (Lipinski definition) is 20. The highest BCUT2D eigenvalue weighted by molar-refractivity contribution is 5.56. The van der Waals surface area contributed by atoms with Crippen molar-refractivity contribution in [3.63, 3.8) is 0 Å². The maximum atomic E-state index is 10.9. The SMILES string of the molecule is O=C[C@H](O)[C@@H](O)[C@H](O[C@H]1O[C@H](CO)[C@@H](O[C@H]2O[C@H](CO)[C@@H](N[C@H]3C=C(CO)[C@@H](O)[C@H](O)[C@H]3O)[C@H](O)[C@H]2O)[C@H](O)[C@H]1O)[C@H](O)CO. The maximum Gasteiger partial charge on any atom is 0.187 e. The fraction of sp³-hybridized carbons (Fsp3) is 0.880. The highest BCUT2D eigenvalue weighted by Crippen LogP contribution is 2.31. The first-order chi connectivity index (χ1) is 21.2. The molecule has 0 aromatic rings. The minimum atomic E-state index is -2.13. The molecule has 2 fully saturated rings. The second kappa shape index (κ2) is 16.7. The molecule has 2 heterocycles. The fourth-order valence-corrected chi connectivity index (χ4v) is 5.39. The number of aldehydes is 1. The lowest BCUT2D eigenvalue weighted by Crippen LogP contribution is -2.69. The zero-order chi connectivity index (χ0) is 33.7. The Kier molecular flexibility index (Phi) is 14.1. The Morgan fingerprint density at radius 2 is 1.40 bits per heavy atom. The van der Waals surface area contributed by atoms with Crippen LogP contribution in [0.25, 0.3) is 0 Å². The van der Waals surface area contributed by atoms with Gasteiger partial charge < -0.3 is 101 Å². The molecule has 0 bridgehead atoms. The molecule has 0 radical (unpaired) electrons. The highest BCUT2D eigenvalue weighted by Gasteiger charge is 2.52. The predicted molar refractivity (Wildman–Crippen MR) is 140 cm³/mol. The van der Waals surface area contributed by atoms with Crippen molar-refractivity contribution in [3.05, 3.63) is 11.6 Å². The van der Waals surface area contributed by atoms with Gasteiger partial charge in [0.2, 0.25) is 0 Å². The van der Waals surface area contributed by atoms with Gasteiger partial charge in [-0.3, -0.25) is 0 Å². The first-order valence-electron chi connectivity index (χ1n) is 14.0. The molecule has 2 saturated heterocycles. The lowest BCUT2D eigenvalue weighted by atomic mass is 9.86. The molecule has 18 atom stereocenters. The molecular formula is C25H43NO19. The van der Waals surface area contributed by atoms with Gasteiger partial charge in [0.05, 0.1) is 38.5 Å². The summed E-state index contributed by atoms with van der Waals surface area (Å²) in [5, 5.41) is 145. The molecule has 3 rings (SSSR count). The molecule has 0 aromatic heterocycles.